The van der Waals surface area contributed by atoms with Crippen LogP contribution in [-0.4, -0.2) is 14.3 Å². The predicted octanol–water partition coefficient (Wildman–Crippen LogP) is 4.29. The van der Waals surface area contributed by atoms with Crippen LogP contribution in [-0.2, 0) is 27.9 Å². The Kier molecular flexibility index (Phi) is 7.72. The van der Waals surface area contributed by atoms with E-state index in [1.807, 2.05) is 6.07 Å². The summed E-state index contributed by atoms with van der Waals surface area (Å²) in [6, 6.07) is 17.6. The minimum atomic E-state index is -3.75. The van der Waals surface area contributed by atoms with Crippen molar-refractivity contribution in [3.8, 4) is 6.07 Å². The van der Waals surface area contributed by atoms with E-state index >= 15 is 0 Å². The molecular weight excluding hydrogens is 473 g/mol. The molecule has 0 unspecified atom stereocenters. The lowest BCUT2D eigenvalue weighted by molar-refractivity contribution is -0.117. The number of rotatable bonds is 8. The summed E-state index contributed by atoms with van der Waals surface area (Å²) in [6.45, 7) is 0.119. The fraction of sp³-hybridized carbons (Fsp3) is 0.0909. The molecule has 1 amide bonds. The second kappa shape index (κ2) is 10.5. The van der Waals surface area contributed by atoms with Gasteiger partial charge in [-0.05, 0) is 54.1 Å². The van der Waals surface area contributed by atoms with Gasteiger partial charge in [-0.25, -0.2) is 13.1 Å². The Bertz CT molecular complexity index is 1280. The van der Waals surface area contributed by atoms with Gasteiger partial charge in [0.1, 0.15) is 23.2 Å². The van der Waals surface area contributed by atoms with E-state index in [-0.39, 0.29) is 29.3 Å². The second-order valence-electron chi connectivity index (χ2n) is 6.56. The zero-order chi connectivity index (χ0) is 23.1. The summed E-state index contributed by atoms with van der Waals surface area (Å²) >= 11 is 11.6. The van der Waals surface area contributed by atoms with Crippen molar-refractivity contribution in [3.63, 3.8) is 0 Å². The fourth-order valence-corrected chi connectivity index (χ4v) is 3.85. The molecule has 3 aromatic rings. The molecule has 0 spiro atoms. The first-order chi connectivity index (χ1) is 15.3. The van der Waals surface area contributed by atoms with Crippen molar-refractivity contribution >= 4 is 45.2 Å². The molecule has 0 aliphatic rings. The number of carbonyl (C=O) groups is 1. The highest BCUT2D eigenvalue weighted by Crippen LogP contribution is 2.16. The van der Waals surface area contributed by atoms with Gasteiger partial charge in [0, 0.05) is 22.7 Å². The number of nitriles is 1. The molecule has 2 aromatic carbocycles. The van der Waals surface area contributed by atoms with Crippen LogP contribution in [0.2, 0.25) is 10.0 Å². The lowest BCUT2D eigenvalue weighted by Crippen LogP contribution is -2.23. The number of hydrogen-bond acceptors (Lipinski definition) is 5. The van der Waals surface area contributed by atoms with Gasteiger partial charge in [-0.15, -0.1) is 0 Å². The lowest BCUT2D eigenvalue weighted by atomic mass is 10.2. The van der Waals surface area contributed by atoms with Crippen LogP contribution in [0.1, 0.15) is 17.1 Å². The lowest BCUT2D eigenvalue weighted by Gasteiger charge is -2.05. The van der Waals surface area contributed by atoms with E-state index in [9.17, 15) is 18.5 Å². The summed E-state index contributed by atoms with van der Waals surface area (Å²) in [5.74, 6) is -0.0135. The highest BCUT2D eigenvalue weighted by Gasteiger charge is 2.15. The smallest absolute Gasteiger partial charge is 0.262 e. The zero-order valence-electron chi connectivity index (χ0n) is 16.5. The SMILES string of the molecule is N#C/C(=C/c1ccc(CNS(=O)(=O)c2ccc(Cl)cc2)o1)C(=O)NCc1ccc(Cl)cc1. The molecule has 7 nitrogen and oxygen atoms in total. The largest absolute Gasteiger partial charge is 0.460 e. The van der Waals surface area contributed by atoms with Gasteiger partial charge in [0.05, 0.1) is 11.4 Å². The Morgan fingerprint density at radius 3 is 2.22 bits per heavy atom. The van der Waals surface area contributed by atoms with Crippen LogP contribution < -0.4 is 10.0 Å². The summed E-state index contributed by atoms with van der Waals surface area (Å²) in [4.78, 5) is 12.4. The minimum Gasteiger partial charge on any atom is -0.460 e. The Morgan fingerprint density at radius 1 is 0.969 bits per heavy atom. The standard InChI is InChI=1S/C22H17Cl2N3O4S/c23-17-3-1-15(2-4-17)13-26-22(28)16(12-25)11-19-7-8-20(31-19)14-27-32(29,30)21-9-5-18(24)6-10-21/h1-11,27H,13-14H2,(H,26,28)/b16-11-. The van der Waals surface area contributed by atoms with Crippen LogP contribution in [0.4, 0.5) is 0 Å². The van der Waals surface area contributed by atoms with E-state index in [0.29, 0.717) is 15.8 Å². The number of furan rings is 1. The van der Waals surface area contributed by atoms with Crippen LogP contribution in [0, 0.1) is 11.3 Å². The molecule has 1 heterocycles. The Morgan fingerprint density at radius 2 is 1.59 bits per heavy atom. The van der Waals surface area contributed by atoms with Crippen molar-refractivity contribution in [1.82, 2.24) is 10.0 Å². The van der Waals surface area contributed by atoms with E-state index in [4.69, 9.17) is 27.6 Å². The highest BCUT2D eigenvalue weighted by molar-refractivity contribution is 7.89. The van der Waals surface area contributed by atoms with Gasteiger partial charge >= 0.3 is 0 Å². The Labute approximate surface area is 195 Å². The molecule has 0 fully saturated rings. The topological polar surface area (TPSA) is 112 Å². The first-order valence-corrected chi connectivity index (χ1v) is 11.5. The maximum absolute atomic E-state index is 12.3. The number of nitrogens with one attached hydrogen (secondary N) is 2. The zero-order valence-corrected chi connectivity index (χ0v) is 18.8. The van der Waals surface area contributed by atoms with Crippen molar-refractivity contribution in [2.75, 3.05) is 0 Å². The molecule has 0 atom stereocenters. The van der Waals surface area contributed by atoms with E-state index in [2.05, 4.69) is 10.0 Å². The monoisotopic (exact) mass is 489 g/mol. The van der Waals surface area contributed by atoms with E-state index in [1.165, 1.54) is 36.4 Å². The third-order valence-corrected chi connectivity index (χ3v) is 6.18. The molecule has 2 N–H and O–H groups in total. The average Bonchev–Trinajstić information content (AvgIpc) is 3.23. The molecule has 3 rings (SSSR count). The second-order valence-corrected chi connectivity index (χ2v) is 9.20. The molecule has 1 aromatic heterocycles. The molecule has 0 radical (unpaired) electrons. The maximum atomic E-state index is 12.3. The van der Waals surface area contributed by atoms with Gasteiger partial charge in [0.2, 0.25) is 10.0 Å². The number of nitrogens with zero attached hydrogens (tertiary/aromatic N) is 1. The number of sulfonamides is 1. The summed E-state index contributed by atoms with van der Waals surface area (Å²) in [5.41, 5.74) is 0.676. The summed E-state index contributed by atoms with van der Waals surface area (Å²) in [5, 5.41) is 13.0. The summed E-state index contributed by atoms with van der Waals surface area (Å²) < 4.78 is 32.6. The Hall–Kier alpha value is -3.09. The van der Waals surface area contributed by atoms with Crippen LogP contribution >= 0.6 is 23.2 Å². The van der Waals surface area contributed by atoms with Crippen LogP contribution in [0.15, 0.2) is 75.5 Å². The first kappa shape index (κ1) is 23.6. The minimum absolute atomic E-state index is 0.0673. The van der Waals surface area contributed by atoms with Crippen molar-refractivity contribution in [2.45, 2.75) is 18.0 Å². The first-order valence-electron chi connectivity index (χ1n) is 9.25. The van der Waals surface area contributed by atoms with Gasteiger partial charge in [-0.3, -0.25) is 4.79 Å². The molecule has 32 heavy (non-hydrogen) atoms. The molecular formula is C22H17Cl2N3O4S. The summed E-state index contributed by atoms with van der Waals surface area (Å²) in [7, 11) is -3.75. The third-order valence-electron chi connectivity index (χ3n) is 4.26. The van der Waals surface area contributed by atoms with E-state index in [1.54, 1.807) is 30.3 Å². The summed E-state index contributed by atoms with van der Waals surface area (Å²) in [6.07, 6.45) is 1.29. The van der Waals surface area contributed by atoms with E-state index in [0.717, 1.165) is 5.56 Å². The van der Waals surface area contributed by atoms with Crippen LogP contribution in [0.3, 0.4) is 0 Å². The molecule has 0 aliphatic heterocycles. The molecule has 164 valence electrons. The average molecular weight is 490 g/mol. The highest BCUT2D eigenvalue weighted by atomic mass is 35.5. The Balaban J connectivity index is 1.61. The van der Waals surface area contributed by atoms with Crippen LogP contribution in [0.25, 0.3) is 6.08 Å². The van der Waals surface area contributed by atoms with Gasteiger partial charge in [-0.2, -0.15) is 5.26 Å². The number of halogens is 2. The number of hydrogen-bond donors (Lipinski definition) is 2. The molecule has 0 bridgehead atoms. The molecule has 0 saturated carbocycles. The number of carbonyl (C=O) groups excluding carboxylic acids is 1. The van der Waals surface area contributed by atoms with Gasteiger partial charge in [-0.1, -0.05) is 35.3 Å². The predicted molar refractivity (Wildman–Crippen MR) is 121 cm³/mol. The van der Waals surface area contributed by atoms with E-state index < -0.39 is 15.9 Å². The van der Waals surface area contributed by atoms with Crippen molar-refractivity contribution < 1.29 is 17.6 Å². The quantitative estimate of drug-likeness (QED) is 0.362. The normalized spacial score (nSPS) is 11.7. The fourth-order valence-electron chi connectivity index (χ4n) is 2.60. The third kappa shape index (κ3) is 6.45. The van der Waals surface area contributed by atoms with Gasteiger partial charge in [0.15, 0.2) is 0 Å². The molecule has 0 saturated heterocycles. The molecule has 0 aliphatic carbocycles. The van der Waals surface area contributed by atoms with Crippen molar-refractivity contribution in [1.29, 1.82) is 5.26 Å². The number of benzene rings is 2. The van der Waals surface area contributed by atoms with Crippen LogP contribution in [0.5, 0.6) is 0 Å². The molecule has 10 heteroatoms. The number of amides is 1. The van der Waals surface area contributed by atoms with Crippen molar-refractivity contribution in [2.24, 2.45) is 0 Å². The van der Waals surface area contributed by atoms with Crippen molar-refractivity contribution in [3.05, 3.63) is 93.4 Å². The van der Waals surface area contributed by atoms with Gasteiger partial charge in [0.25, 0.3) is 5.91 Å². The maximum Gasteiger partial charge on any atom is 0.262 e. The van der Waals surface area contributed by atoms with Gasteiger partial charge < -0.3 is 9.73 Å².